The number of H-pyrrole nitrogens is 1. The summed E-state index contributed by atoms with van der Waals surface area (Å²) in [6.07, 6.45) is 2.98. The fraction of sp³-hybridized carbons (Fsp3) is 0.250. The first kappa shape index (κ1) is 12.1. The second-order valence-corrected chi connectivity index (χ2v) is 3.50. The molecule has 94 valence electrons. The van der Waals surface area contributed by atoms with Crippen molar-refractivity contribution in [2.24, 2.45) is 0 Å². The zero-order chi connectivity index (χ0) is 13.1. The number of hydrogen-bond acceptors (Lipinski definition) is 5. The largest absolute Gasteiger partial charge is 0.482 e. The Morgan fingerprint density at radius 1 is 1.50 bits per heavy atom. The lowest BCUT2D eigenvalue weighted by atomic mass is 10.2. The molecule has 0 aromatic carbocycles. The number of carbonyl (C=O) groups is 1. The number of pyridine rings is 2. The number of nitrogens with one attached hydrogen (secondary N) is 1. The summed E-state index contributed by atoms with van der Waals surface area (Å²) in [5, 5.41) is 0.369. The summed E-state index contributed by atoms with van der Waals surface area (Å²) in [4.78, 5) is 30.7. The Kier molecular flexibility index (Phi) is 3.27. The number of nitrogens with zero attached hydrogens (tertiary/aromatic N) is 1. The molecule has 6 heteroatoms. The number of aromatic nitrogens is 2. The first-order valence-electron chi connectivity index (χ1n) is 5.40. The fourth-order valence-electron chi connectivity index (χ4n) is 1.66. The summed E-state index contributed by atoms with van der Waals surface area (Å²) in [6, 6.07) is 1.54. The Balaban J connectivity index is 2.74. The number of rotatable bonds is 3. The maximum Gasteiger partial charge on any atom is 0.347 e. The van der Waals surface area contributed by atoms with E-state index in [0.717, 1.165) is 0 Å². The van der Waals surface area contributed by atoms with Crippen molar-refractivity contribution in [3.8, 4) is 5.88 Å². The van der Waals surface area contributed by atoms with Crippen molar-refractivity contribution >= 4 is 16.9 Å². The quantitative estimate of drug-likeness (QED) is 0.823. The van der Waals surface area contributed by atoms with Gasteiger partial charge in [0.25, 0.3) is 0 Å². The lowest BCUT2D eigenvalue weighted by Gasteiger charge is -2.08. The molecule has 0 fully saturated rings. The lowest BCUT2D eigenvalue weighted by molar-refractivity contribution is 0.0520. The van der Waals surface area contributed by atoms with Crippen molar-refractivity contribution in [1.29, 1.82) is 0 Å². The Morgan fingerprint density at radius 3 is 2.94 bits per heavy atom. The molecule has 0 saturated carbocycles. The number of methoxy groups -OCH3 is 1. The van der Waals surface area contributed by atoms with E-state index in [1.807, 2.05) is 0 Å². The van der Waals surface area contributed by atoms with Crippen LogP contribution in [0.2, 0.25) is 0 Å². The normalized spacial score (nSPS) is 10.3. The first-order valence-corrected chi connectivity index (χ1v) is 5.40. The zero-order valence-corrected chi connectivity index (χ0v) is 10.0. The van der Waals surface area contributed by atoms with E-state index in [2.05, 4.69) is 9.97 Å². The van der Waals surface area contributed by atoms with Crippen LogP contribution < -0.4 is 10.2 Å². The highest BCUT2D eigenvalue weighted by molar-refractivity contribution is 5.96. The Morgan fingerprint density at radius 2 is 2.28 bits per heavy atom. The van der Waals surface area contributed by atoms with Gasteiger partial charge in [-0.3, -0.25) is 9.78 Å². The predicted octanol–water partition coefficient (Wildman–Crippen LogP) is 1.11. The molecule has 2 heterocycles. The van der Waals surface area contributed by atoms with E-state index in [-0.39, 0.29) is 18.1 Å². The van der Waals surface area contributed by atoms with E-state index < -0.39 is 11.4 Å². The fourth-order valence-corrected chi connectivity index (χ4v) is 1.66. The molecule has 0 aliphatic rings. The van der Waals surface area contributed by atoms with Crippen LogP contribution in [-0.4, -0.2) is 29.7 Å². The molecule has 0 radical (unpaired) electrons. The van der Waals surface area contributed by atoms with Gasteiger partial charge in [0.2, 0.25) is 11.3 Å². The SMILES string of the molecule is CCOC(=O)c1c(OC)[nH]c2cnccc2c1=O. The standard InChI is InChI=1S/C12H12N2O4/c1-3-18-12(16)9-10(15)7-4-5-13-6-8(7)14-11(9)17-2/h4-6H,3H2,1-2H3,(H,14,15). The lowest BCUT2D eigenvalue weighted by Crippen LogP contribution is -2.20. The number of aromatic amines is 1. The van der Waals surface area contributed by atoms with E-state index in [1.54, 1.807) is 6.92 Å². The van der Waals surface area contributed by atoms with E-state index in [4.69, 9.17) is 9.47 Å². The van der Waals surface area contributed by atoms with Crippen molar-refractivity contribution in [3.05, 3.63) is 34.2 Å². The Bertz CT molecular complexity index is 648. The summed E-state index contributed by atoms with van der Waals surface area (Å²) in [5.41, 5.74) is -0.0492. The van der Waals surface area contributed by atoms with Crippen LogP contribution in [0.4, 0.5) is 0 Å². The maximum atomic E-state index is 12.2. The molecule has 0 atom stereocenters. The van der Waals surface area contributed by atoms with Crippen molar-refractivity contribution in [3.63, 3.8) is 0 Å². The second-order valence-electron chi connectivity index (χ2n) is 3.50. The third-order valence-electron chi connectivity index (χ3n) is 2.45. The van der Waals surface area contributed by atoms with Crippen LogP contribution in [0, 0.1) is 0 Å². The van der Waals surface area contributed by atoms with Crippen molar-refractivity contribution in [2.75, 3.05) is 13.7 Å². The van der Waals surface area contributed by atoms with E-state index >= 15 is 0 Å². The van der Waals surface area contributed by atoms with Crippen LogP contribution in [0.15, 0.2) is 23.3 Å². The molecule has 2 aromatic rings. The topological polar surface area (TPSA) is 81.3 Å². The van der Waals surface area contributed by atoms with Crippen molar-refractivity contribution < 1.29 is 14.3 Å². The van der Waals surface area contributed by atoms with E-state index in [0.29, 0.717) is 10.9 Å². The maximum absolute atomic E-state index is 12.2. The zero-order valence-electron chi connectivity index (χ0n) is 10.0. The molecule has 0 aliphatic heterocycles. The van der Waals surface area contributed by atoms with Crippen LogP contribution in [0.5, 0.6) is 5.88 Å². The third kappa shape index (κ3) is 1.92. The van der Waals surface area contributed by atoms with Crippen LogP contribution >= 0.6 is 0 Å². The molecule has 0 saturated heterocycles. The van der Waals surface area contributed by atoms with Gasteiger partial charge < -0.3 is 14.5 Å². The Labute approximate surface area is 103 Å². The molecule has 0 unspecified atom stereocenters. The molecule has 2 aromatic heterocycles. The van der Waals surface area contributed by atoms with Gasteiger partial charge in [0.05, 0.1) is 25.4 Å². The minimum atomic E-state index is -0.700. The summed E-state index contributed by atoms with van der Waals surface area (Å²) in [7, 11) is 1.37. The van der Waals surface area contributed by atoms with Gasteiger partial charge in [0, 0.05) is 11.6 Å². The molecule has 0 spiro atoms. The Hall–Kier alpha value is -2.37. The smallest absolute Gasteiger partial charge is 0.347 e. The highest BCUT2D eigenvalue weighted by Gasteiger charge is 2.20. The van der Waals surface area contributed by atoms with Crippen molar-refractivity contribution in [2.45, 2.75) is 6.92 Å². The van der Waals surface area contributed by atoms with E-state index in [9.17, 15) is 9.59 Å². The highest BCUT2D eigenvalue weighted by Crippen LogP contribution is 2.17. The highest BCUT2D eigenvalue weighted by atomic mass is 16.5. The van der Waals surface area contributed by atoms with Gasteiger partial charge in [-0.2, -0.15) is 0 Å². The van der Waals surface area contributed by atoms with Gasteiger partial charge in [-0.25, -0.2) is 4.79 Å². The summed E-state index contributed by atoms with van der Waals surface area (Å²) < 4.78 is 9.86. The molecule has 1 N–H and O–H groups in total. The number of esters is 1. The predicted molar refractivity (Wildman–Crippen MR) is 64.9 cm³/mol. The van der Waals surface area contributed by atoms with Crippen LogP contribution in [-0.2, 0) is 4.74 Å². The molecule has 0 aliphatic carbocycles. The van der Waals surface area contributed by atoms with Gasteiger partial charge in [0.15, 0.2) is 5.56 Å². The molecule has 0 amide bonds. The molecule has 18 heavy (non-hydrogen) atoms. The minimum Gasteiger partial charge on any atom is -0.482 e. The van der Waals surface area contributed by atoms with Crippen molar-refractivity contribution in [1.82, 2.24) is 9.97 Å². The summed E-state index contributed by atoms with van der Waals surface area (Å²) in [6.45, 7) is 1.86. The number of hydrogen-bond donors (Lipinski definition) is 1. The van der Waals surface area contributed by atoms with Crippen LogP contribution in [0.1, 0.15) is 17.3 Å². The van der Waals surface area contributed by atoms with Gasteiger partial charge >= 0.3 is 5.97 Å². The van der Waals surface area contributed by atoms with Crippen LogP contribution in [0.3, 0.4) is 0 Å². The summed E-state index contributed by atoms with van der Waals surface area (Å²) in [5.74, 6) is -0.617. The van der Waals surface area contributed by atoms with Gasteiger partial charge in [-0.15, -0.1) is 0 Å². The van der Waals surface area contributed by atoms with Gasteiger partial charge in [-0.1, -0.05) is 0 Å². The monoisotopic (exact) mass is 248 g/mol. The molecule has 2 rings (SSSR count). The second kappa shape index (κ2) is 4.87. The van der Waals surface area contributed by atoms with Gasteiger partial charge in [0.1, 0.15) is 0 Å². The average molecular weight is 248 g/mol. The number of ether oxygens (including phenoxy) is 2. The van der Waals surface area contributed by atoms with Crippen LogP contribution in [0.25, 0.3) is 10.9 Å². The minimum absolute atomic E-state index is 0.0824. The van der Waals surface area contributed by atoms with Gasteiger partial charge in [-0.05, 0) is 13.0 Å². The first-order chi connectivity index (χ1) is 8.69. The molecule has 6 nitrogen and oxygen atoms in total. The molecular formula is C12H12N2O4. The summed E-state index contributed by atoms with van der Waals surface area (Å²) >= 11 is 0. The molecular weight excluding hydrogens is 236 g/mol. The van der Waals surface area contributed by atoms with E-state index in [1.165, 1.54) is 25.6 Å². The number of fused-ring (bicyclic) bond motifs is 1. The molecule has 0 bridgehead atoms. The average Bonchev–Trinajstić information content (AvgIpc) is 2.38. The number of carbonyl (C=O) groups excluding carboxylic acids is 1. The third-order valence-corrected chi connectivity index (χ3v) is 2.45.